The molecule has 16 heavy (non-hydrogen) atoms. The molecule has 1 N–H and O–H groups in total. The highest BCUT2D eigenvalue weighted by molar-refractivity contribution is 8.07. The Hall–Kier alpha value is 0.660. The number of hydrogen-bond donors (Lipinski definition) is 1. The normalized spacial score (nSPS) is 28.3. The van der Waals surface area contributed by atoms with E-state index in [1.54, 1.807) is 0 Å². The van der Waals surface area contributed by atoms with E-state index < -0.39 is 0 Å². The van der Waals surface area contributed by atoms with Gasteiger partial charge in [0.15, 0.2) is 0 Å². The number of thioether (sulfide) groups is 2. The van der Waals surface area contributed by atoms with Crippen LogP contribution >= 0.6 is 23.5 Å². The predicted molar refractivity (Wildman–Crippen MR) is 79.7 cm³/mol. The molecule has 0 bridgehead atoms. The first-order chi connectivity index (χ1) is 7.65. The molecule has 3 heteroatoms. The molecule has 0 aromatic carbocycles. The van der Waals surface area contributed by atoms with Crippen molar-refractivity contribution in [2.75, 3.05) is 18.6 Å². The lowest BCUT2D eigenvalue weighted by Crippen LogP contribution is -2.42. The zero-order chi connectivity index (χ0) is 12.0. The summed E-state index contributed by atoms with van der Waals surface area (Å²) in [6.07, 6.45) is 4.09. The van der Waals surface area contributed by atoms with Gasteiger partial charge in [-0.25, -0.2) is 0 Å². The Balaban J connectivity index is 2.33. The minimum Gasteiger partial charge on any atom is -0.316 e. The molecule has 1 aliphatic heterocycles. The van der Waals surface area contributed by atoms with E-state index in [1.165, 1.54) is 30.8 Å². The highest BCUT2D eigenvalue weighted by Gasteiger charge is 2.28. The Morgan fingerprint density at radius 3 is 2.44 bits per heavy atom. The van der Waals surface area contributed by atoms with Crippen LogP contribution in [0.3, 0.4) is 0 Å². The minimum absolute atomic E-state index is 0.714. The fraction of sp³-hybridized carbons (Fsp3) is 1.00. The maximum Gasteiger partial charge on any atom is 0.0317 e. The third kappa shape index (κ3) is 4.89. The fourth-order valence-electron chi connectivity index (χ4n) is 2.31. The molecule has 3 unspecified atom stereocenters. The van der Waals surface area contributed by atoms with Crippen LogP contribution in [0.2, 0.25) is 0 Å². The summed E-state index contributed by atoms with van der Waals surface area (Å²) in [5, 5.41) is 5.17. The Bertz CT molecular complexity index is 185. The summed E-state index contributed by atoms with van der Waals surface area (Å²) in [7, 11) is 2.13. The van der Waals surface area contributed by atoms with E-state index in [9.17, 15) is 0 Å². The number of hydrogen-bond acceptors (Lipinski definition) is 3. The molecule has 0 spiro atoms. The molecule has 1 fully saturated rings. The van der Waals surface area contributed by atoms with Gasteiger partial charge in [0, 0.05) is 28.0 Å². The molecule has 0 amide bonds. The summed E-state index contributed by atoms with van der Waals surface area (Å²) >= 11 is 4.33. The van der Waals surface area contributed by atoms with Crippen molar-refractivity contribution in [1.82, 2.24) is 5.32 Å². The molecular formula is C13H27NS2. The first kappa shape index (κ1) is 14.7. The first-order valence-electron chi connectivity index (χ1n) is 6.55. The van der Waals surface area contributed by atoms with E-state index in [-0.39, 0.29) is 0 Å². The molecule has 3 atom stereocenters. The highest BCUT2D eigenvalue weighted by Crippen LogP contribution is 2.34. The molecule has 1 aliphatic rings. The SMILES string of the molecule is CNC(CCCC(C)C)C1SCCSC1C. The molecule has 0 aromatic heterocycles. The maximum atomic E-state index is 3.54. The van der Waals surface area contributed by atoms with Crippen molar-refractivity contribution < 1.29 is 0 Å². The summed E-state index contributed by atoms with van der Waals surface area (Å²) in [5.74, 6) is 3.52. The highest BCUT2D eigenvalue weighted by atomic mass is 32.2. The van der Waals surface area contributed by atoms with Crippen LogP contribution in [-0.4, -0.2) is 35.1 Å². The molecule has 0 saturated carbocycles. The molecule has 0 aliphatic carbocycles. The van der Waals surface area contributed by atoms with Crippen molar-refractivity contribution in [3.05, 3.63) is 0 Å². The first-order valence-corrected chi connectivity index (χ1v) is 8.65. The molecule has 1 saturated heterocycles. The van der Waals surface area contributed by atoms with Crippen LogP contribution in [0.15, 0.2) is 0 Å². The number of nitrogens with one attached hydrogen (secondary N) is 1. The van der Waals surface area contributed by atoms with Crippen LogP contribution in [0, 0.1) is 5.92 Å². The van der Waals surface area contributed by atoms with Gasteiger partial charge >= 0.3 is 0 Å². The minimum atomic E-state index is 0.714. The molecule has 0 aromatic rings. The zero-order valence-corrected chi connectivity index (χ0v) is 12.8. The van der Waals surface area contributed by atoms with Crippen molar-refractivity contribution in [2.45, 2.75) is 56.6 Å². The molecule has 1 rings (SSSR count). The van der Waals surface area contributed by atoms with Gasteiger partial charge in [0.05, 0.1) is 0 Å². The van der Waals surface area contributed by atoms with Crippen LogP contribution in [0.25, 0.3) is 0 Å². The zero-order valence-electron chi connectivity index (χ0n) is 11.2. The van der Waals surface area contributed by atoms with Crippen LogP contribution in [0.1, 0.15) is 40.0 Å². The molecule has 0 radical (unpaired) electrons. The predicted octanol–water partition coefficient (Wildman–Crippen LogP) is 3.64. The number of rotatable bonds is 6. The Kier molecular flexibility index (Phi) is 7.25. The summed E-state index contributed by atoms with van der Waals surface area (Å²) in [6.45, 7) is 7.04. The lowest BCUT2D eigenvalue weighted by Gasteiger charge is -2.34. The van der Waals surface area contributed by atoms with Gasteiger partial charge in [0.1, 0.15) is 0 Å². The van der Waals surface area contributed by atoms with Gasteiger partial charge in [-0.1, -0.05) is 33.6 Å². The average Bonchev–Trinajstić information content (AvgIpc) is 2.25. The average molecular weight is 262 g/mol. The van der Waals surface area contributed by atoms with E-state index in [2.05, 4.69) is 56.7 Å². The van der Waals surface area contributed by atoms with Gasteiger partial charge in [-0.05, 0) is 19.4 Å². The second kappa shape index (κ2) is 7.88. The van der Waals surface area contributed by atoms with Crippen molar-refractivity contribution >= 4 is 23.5 Å². The second-order valence-electron chi connectivity index (χ2n) is 5.13. The third-order valence-corrected chi connectivity index (χ3v) is 6.55. The fourth-order valence-corrected chi connectivity index (χ4v) is 5.35. The Labute approximate surface area is 110 Å². The lowest BCUT2D eigenvalue weighted by molar-refractivity contribution is 0.447. The smallest absolute Gasteiger partial charge is 0.0317 e. The van der Waals surface area contributed by atoms with Gasteiger partial charge in [0.2, 0.25) is 0 Å². The van der Waals surface area contributed by atoms with E-state index >= 15 is 0 Å². The van der Waals surface area contributed by atoms with Crippen LogP contribution in [0.5, 0.6) is 0 Å². The van der Waals surface area contributed by atoms with Crippen molar-refractivity contribution in [3.63, 3.8) is 0 Å². The topological polar surface area (TPSA) is 12.0 Å². The van der Waals surface area contributed by atoms with Gasteiger partial charge in [-0.3, -0.25) is 0 Å². The summed E-state index contributed by atoms with van der Waals surface area (Å²) in [6, 6.07) is 0.714. The standard InChI is InChI=1S/C13H27NS2/c1-10(2)6-5-7-12(14-4)13-11(3)15-8-9-16-13/h10-14H,5-9H2,1-4H3. The van der Waals surface area contributed by atoms with E-state index in [0.29, 0.717) is 6.04 Å². The molecule has 1 nitrogen and oxygen atoms in total. The summed E-state index contributed by atoms with van der Waals surface area (Å²) in [4.78, 5) is 0. The largest absolute Gasteiger partial charge is 0.316 e. The Morgan fingerprint density at radius 2 is 1.88 bits per heavy atom. The molecular weight excluding hydrogens is 234 g/mol. The van der Waals surface area contributed by atoms with Crippen molar-refractivity contribution in [3.8, 4) is 0 Å². The lowest BCUT2D eigenvalue weighted by atomic mass is 10.00. The van der Waals surface area contributed by atoms with Crippen LogP contribution in [0.4, 0.5) is 0 Å². The monoisotopic (exact) mass is 261 g/mol. The van der Waals surface area contributed by atoms with Crippen LogP contribution in [-0.2, 0) is 0 Å². The van der Waals surface area contributed by atoms with Gasteiger partial charge in [0.25, 0.3) is 0 Å². The van der Waals surface area contributed by atoms with Crippen molar-refractivity contribution in [1.29, 1.82) is 0 Å². The Morgan fingerprint density at radius 1 is 1.19 bits per heavy atom. The van der Waals surface area contributed by atoms with E-state index in [1.807, 2.05) is 0 Å². The van der Waals surface area contributed by atoms with Gasteiger partial charge in [-0.2, -0.15) is 23.5 Å². The van der Waals surface area contributed by atoms with Gasteiger partial charge < -0.3 is 5.32 Å². The van der Waals surface area contributed by atoms with Crippen LogP contribution < -0.4 is 5.32 Å². The summed E-state index contributed by atoms with van der Waals surface area (Å²) < 4.78 is 0. The third-order valence-electron chi connectivity index (χ3n) is 3.30. The summed E-state index contributed by atoms with van der Waals surface area (Å²) in [5.41, 5.74) is 0. The van der Waals surface area contributed by atoms with Crippen molar-refractivity contribution in [2.24, 2.45) is 5.92 Å². The van der Waals surface area contributed by atoms with Gasteiger partial charge in [-0.15, -0.1) is 0 Å². The molecule has 96 valence electrons. The second-order valence-corrected chi connectivity index (χ2v) is 7.90. The van der Waals surface area contributed by atoms with E-state index in [0.717, 1.165) is 16.4 Å². The quantitative estimate of drug-likeness (QED) is 0.784. The molecule has 1 heterocycles. The van der Waals surface area contributed by atoms with E-state index in [4.69, 9.17) is 0 Å². The maximum absolute atomic E-state index is 3.54.